The van der Waals surface area contributed by atoms with Gasteiger partial charge in [-0.05, 0) is 51.3 Å². The fourth-order valence-electron chi connectivity index (χ4n) is 2.34. The third-order valence-corrected chi connectivity index (χ3v) is 4.36. The summed E-state index contributed by atoms with van der Waals surface area (Å²) in [7, 11) is 0. The van der Waals surface area contributed by atoms with E-state index in [1.165, 1.54) is 28.3 Å². The van der Waals surface area contributed by atoms with Crippen LogP contribution in [0.2, 0.25) is 0 Å². The minimum Gasteiger partial charge on any atom is -0.351 e. The normalized spacial score (nSPS) is 11.7. The van der Waals surface area contributed by atoms with Gasteiger partial charge in [0, 0.05) is 10.9 Å². The highest BCUT2D eigenvalue weighted by molar-refractivity contribution is 7.99. The fourth-order valence-corrected chi connectivity index (χ4v) is 3.22. The summed E-state index contributed by atoms with van der Waals surface area (Å²) in [4.78, 5) is 16.8. The van der Waals surface area contributed by atoms with E-state index in [0.717, 1.165) is 17.0 Å². The average Bonchev–Trinajstić information content (AvgIpc) is 2.43. The van der Waals surface area contributed by atoms with Crippen LogP contribution in [0.5, 0.6) is 0 Å². The quantitative estimate of drug-likeness (QED) is 0.863. The van der Waals surface area contributed by atoms with Gasteiger partial charge in [0.25, 0.3) is 0 Å². The Labute approximate surface area is 136 Å². The number of nitrogens with one attached hydrogen (secondary N) is 1. The lowest BCUT2D eigenvalue weighted by atomic mass is 10.1. The van der Waals surface area contributed by atoms with Crippen LogP contribution in [0.3, 0.4) is 0 Å². The van der Waals surface area contributed by atoms with E-state index in [4.69, 9.17) is 4.98 Å². The first-order chi connectivity index (χ1) is 10.3. The number of hydrogen-bond acceptors (Lipinski definition) is 3. The summed E-state index contributed by atoms with van der Waals surface area (Å²) >= 11 is 1.52. The van der Waals surface area contributed by atoms with Gasteiger partial charge in [0.15, 0.2) is 0 Å². The average molecular weight is 316 g/mol. The lowest BCUT2D eigenvalue weighted by molar-refractivity contribution is -0.119. The number of carbonyl (C=O) groups is 1. The van der Waals surface area contributed by atoms with Crippen LogP contribution in [0.1, 0.15) is 38.8 Å². The van der Waals surface area contributed by atoms with E-state index in [9.17, 15) is 4.79 Å². The largest absolute Gasteiger partial charge is 0.351 e. The van der Waals surface area contributed by atoms with Crippen LogP contribution < -0.4 is 5.32 Å². The Morgan fingerprint density at radius 1 is 1.32 bits per heavy atom. The molecule has 3 nitrogen and oxygen atoms in total. The molecule has 4 heteroatoms. The molecule has 1 heterocycles. The SMILES string of the molecule is CCc1cc2cccc(C)c2nc1SCC(=O)NC(C)(C)C. The zero-order chi connectivity index (χ0) is 16.3. The Hall–Kier alpha value is -1.55. The highest BCUT2D eigenvalue weighted by atomic mass is 32.2. The van der Waals surface area contributed by atoms with Crippen molar-refractivity contribution in [3.05, 3.63) is 35.4 Å². The topological polar surface area (TPSA) is 42.0 Å². The maximum Gasteiger partial charge on any atom is 0.230 e. The van der Waals surface area contributed by atoms with Gasteiger partial charge in [-0.1, -0.05) is 36.9 Å². The maximum atomic E-state index is 12.0. The zero-order valence-corrected chi connectivity index (χ0v) is 14.8. The number of carbonyl (C=O) groups excluding carboxylic acids is 1. The number of para-hydroxylation sites is 1. The van der Waals surface area contributed by atoms with Gasteiger partial charge in [-0.15, -0.1) is 0 Å². The fraction of sp³-hybridized carbons (Fsp3) is 0.444. The first-order valence-electron chi connectivity index (χ1n) is 7.63. The molecule has 0 unspecified atom stereocenters. The second kappa shape index (κ2) is 6.69. The predicted molar refractivity (Wildman–Crippen MR) is 94.5 cm³/mol. The zero-order valence-electron chi connectivity index (χ0n) is 14.0. The van der Waals surface area contributed by atoms with Crippen LogP contribution in [0.15, 0.2) is 29.3 Å². The number of fused-ring (bicyclic) bond motifs is 1. The maximum absolute atomic E-state index is 12.0. The van der Waals surface area contributed by atoms with Gasteiger partial charge in [-0.3, -0.25) is 4.79 Å². The number of nitrogens with zero attached hydrogens (tertiary/aromatic N) is 1. The molecule has 0 aliphatic carbocycles. The number of thioether (sulfide) groups is 1. The van der Waals surface area contributed by atoms with E-state index in [0.29, 0.717) is 5.75 Å². The molecule has 0 atom stereocenters. The Morgan fingerprint density at radius 3 is 2.68 bits per heavy atom. The Kier molecular flexibility index (Phi) is 5.12. The number of aryl methyl sites for hydroxylation is 2. The van der Waals surface area contributed by atoms with Gasteiger partial charge < -0.3 is 5.32 Å². The molecule has 1 aromatic carbocycles. The molecule has 0 radical (unpaired) electrons. The van der Waals surface area contributed by atoms with Crippen molar-refractivity contribution >= 4 is 28.6 Å². The number of pyridine rings is 1. The molecule has 1 aromatic heterocycles. The molecule has 2 rings (SSSR count). The van der Waals surface area contributed by atoms with E-state index < -0.39 is 0 Å². The molecule has 2 aromatic rings. The highest BCUT2D eigenvalue weighted by Gasteiger charge is 2.15. The summed E-state index contributed by atoms with van der Waals surface area (Å²) < 4.78 is 0. The number of amides is 1. The standard InChI is InChI=1S/C18H24N2OS/c1-6-13-10-14-9-7-8-12(2)16(14)19-17(13)22-11-15(21)20-18(3,4)5/h7-10H,6,11H2,1-5H3,(H,20,21). The van der Waals surface area contributed by atoms with Gasteiger partial charge >= 0.3 is 0 Å². The molecule has 0 spiro atoms. The molecule has 22 heavy (non-hydrogen) atoms. The van der Waals surface area contributed by atoms with E-state index in [1.807, 2.05) is 20.8 Å². The molecule has 0 saturated carbocycles. The molecule has 0 aliphatic heterocycles. The molecule has 1 amide bonds. The third kappa shape index (κ3) is 4.23. The van der Waals surface area contributed by atoms with Crippen molar-refractivity contribution in [2.75, 3.05) is 5.75 Å². The predicted octanol–water partition coefficient (Wildman–Crippen LogP) is 4.11. The summed E-state index contributed by atoms with van der Waals surface area (Å²) in [5.74, 6) is 0.445. The second-order valence-electron chi connectivity index (χ2n) is 6.54. The van der Waals surface area contributed by atoms with Crippen molar-refractivity contribution in [2.45, 2.75) is 51.6 Å². The van der Waals surface area contributed by atoms with E-state index in [-0.39, 0.29) is 11.4 Å². The number of hydrogen-bond donors (Lipinski definition) is 1. The molecular weight excluding hydrogens is 292 g/mol. The van der Waals surface area contributed by atoms with Crippen LogP contribution in [-0.4, -0.2) is 22.2 Å². The van der Waals surface area contributed by atoms with E-state index in [1.54, 1.807) is 0 Å². The molecular formula is C18H24N2OS. The van der Waals surface area contributed by atoms with E-state index >= 15 is 0 Å². The summed E-state index contributed by atoms with van der Waals surface area (Å²) in [5.41, 5.74) is 3.20. The minimum atomic E-state index is -0.196. The van der Waals surface area contributed by atoms with Crippen LogP contribution in [0.4, 0.5) is 0 Å². The second-order valence-corrected chi connectivity index (χ2v) is 7.50. The summed E-state index contributed by atoms with van der Waals surface area (Å²) in [6, 6.07) is 8.42. The van der Waals surface area contributed by atoms with Crippen molar-refractivity contribution in [2.24, 2.45) is 0 Å². The van der Waals surface area contributed by atoms with Gasteiger partial charge in [-0.2, -0.15) is 0 Å². The Balaban J connectivity index is 2.23. The van der Waals surface area contributed by atoms with E-state index in [2.05, 4.69) is 43.4 Å². The highest BCUT2D eigenvalue weighted by Crippen LogP contribution is 2.27. The molecule has 0 bridgehead atoms. The minimum absolute atomic E-state index is 0.0474. The van der Waals surface area contributed by atoms with Crippen molar-refractivity contribution < 1.29 is 4.79 Å². The Bertz CT molecular complexity index is 689. The summed E-state index contributed by atoms with van der Waals surface area (Å²) in [6.07, 6.45) is 0.917. The molecule has 1 N–H and O–H groups in total. The first-order valence-corrected chi connectivity index (χ1v) is 8.62. The molecule has 0 aliphatic rings. The van der Waals surface area contributed by atoms with Crippen molar-refractivity contribution in [3.63, 3.8) is 0 Å². The lowest BCUT2D eigenvalue weighted by Gasteiger charge is -2.20. The summed E-state index contributed by atoms with van der Waals surface area (Å²) in [6.45, 7) is 10.2. The van der Waals surface area contributed by atoms with Gasteiger partial charge in [0.05, 0.1) is 11.3 Å². The number of rotatable bonds is 4. The van der Waals surface area contributed by atoms with Crippen LogP contribution in [0.25, 0.3) is 10.9 Å². The summed E-state index contributed by atoms with van der Waals surface area (Å²) in [5, 5.41) is 5.12. The van der Waals surface area contributed by atoms with Crippen molar-refractivity contribution in [1.82, 2.24) is 10.3 Å². The number of benzene rings is 1. The third-order valence-electron chi connectivity index (χ3n) is 3.32. The number of aromatic nitrogens is 1. The molecule has 0 saturated heterocycles. The van der Waals surface area contributed by atoms with Gasteiger partial charge in [0.2, 0.25) is 5.91 Å². The van der Waals surface area contributed by atoms with Crippen molar-refractivity contribution in [3.8, 4) is 0 Å². The Morgan fingerprint density at radius 2 is 2.05 bits per heavy atom. The van der Waals surface area contributed by atoms with Gasteiger partial charge in [-0.25, -0.2) is 4.98 Å². The smallest absolute Gasteiger partial charge is 0.230 e. The van der Waals surface area contributed by atoms with Crippen molar-refractivity contribution in [1.29, 1.82) is 0 Å². The monoisotopic (exact) mass is 316 g/mol. The van der Waals surface area contributed by atoms with Crippen LogP contribution >= 0.6 is 11.8 Å². The first kappa shape index (κ1) is 16.8. The van der Waals surface area contributed by atoms with Crippen LogP contribution in [0, 0.1) is 6.92 Å². The molecule has 0 fully saturated rings. The molecule has 118 valence electrons. The van der Waals surface area contributed by atoms with Crippen LogP contribution in [-0.2, 0) is 11.2 Å². The van der Waals surface area contributed by atoms with Gasteiger partial charge in [0.1, 0.15) is 5.03 Å². The lowest BCUT2D eigenvalue weighted by Crippen LogP contribution is -2.41.